The first-order chi connectivity index (χ1) is 15.9. The second-order valence-electron chi connectivity index (χ2n) is 6.83. The Labute approximate surface area is 193 Å². The van der Waals surface area contributed by atoms with Gasteiger partial charge in [0.15, 0.2) is 5.75 Å². The third kappa shape index (κ3) is 4.41. The summed E-state index contributed by atoms with van der Waals surface area (Å²) in [5.41, 5.74) is 1.22. The first kappa shape index (κ1) is 22.0. The Morgan fingerprint density at radius 2 is 1.82 bits per heavy atom. The van der Waals surface area contributed by atoms with Gasteiger partial charge in [-0.3, -0.25) is 10.1 Å². The van der Waals surface area contributed by atoms with Crippen LogP contribution in [0.1, 0.15) is 5.69 Å². The van der Waals surface area contributed by atoms with Gasteiger partial charge >= 0.3 is 11.6 Å². The number of nitrogens with one attached hydrogen (secondary N) is 1. The van der Waals surface area contributed by atoms with Crippen molar-refractivity contribution in [1.29, 1.82) is 0 Å². The molecule has 1 N–H and O–H groups in total. The lowest BCUT2D eigenvalue weighted by atomic mass is 10.2. The molecule has 4 aromatic rings. The third-order valence-electron chi connectivity index (χ3n) is 4.73. The molecule has 0 aliphatic rings. The van der Waals surface area contributed by atoms with Crippen molar-refractivity contribution < 1.29 is 19.1 Å². The number of methoxy groups -OCH3 is 2. The molecule has 0 radical (unpaired) electrons. The Kier molecular flexibility index (Phi) is 6.09. The molecular formula is C22H18ClN5O5. The molecule has 11 heteroatoms. The molecule has 0 saturated carbocycles. The van der Waals surface area contributed by atoms with Crippen molar-refractivity contribution >= 4 is 39.7 Å². The van der Waals surface area contributed by atoms with Crippen molar-refractivity contribution in [2.75, 3.05) is 19.5 Å². The van der Waals surface area contributed by atoms with Gasteiger partial charge in [-0.05, 0) is 25.1 Å². The number of benzene rings is 2. The summed E-state index contributed by atoms with van der Waals surface area (Å²) < 4.78 is 16.4. The molecule has 0 atom stereocenters. The minimum absolute atomic E-state index is 0.103. The van der Waals surface area contributed by atoms with Crippen LogP contribution in [-0.2, 0) is 0 Å². The molecule has 0 bridgehead atoms. The van der Waals surface area contributed by atoms with Crippen LogP contribution in [0.25, 0.3) is 10.9 Å². The smallest absolute Gasteiger partial charge is 0.373 e. The van der Waals surface area contributed by atoms with Crippen LogP contribution in [0.3, 0.4) is 0 Å². The highest BCUT2D eigenvalue weighted by Crippen LogP contribution is 2.41. The van der Waals surface area contributed by atoms with E-state index in [1.807, 2.05) is 25.1 Å². The number of rotatable bonds is 7. The fraction of sp³-hybridized carbons (Fsp3) is 0.136. The fourth-order valence-corrected chi connectivity index (χ4v) is 3.42. The van der Waals surface area contributed by atoms with E-state index in [4.69, 9.17) is 25.8 Å². The van der Waals surface area contributed by atoms with Crippen LogP contribution in [0.5, 0.6) is 23.1 Å². The highest BCUT2D eigenvalue weighted by molar-refractivity contribution is 6.32. The van der Waals surface area contributed by atoms with Crippen LogP contribution >= 0.6 is 11.6 Å². The summed E-state index contributed by atoms with van der Waals surface area (Å²) in [5.74, 6) is 0.717. The van der Waals surface area contributed by atoms with Gasteiger partial charge < -0.3 is 19.5 Å². The summed E-state index contributed by atoms with van der Waals surface area (Å²) in [6, 6.07) is 12.1. The van der Waals surface area contributed by atoms with E-state index in [0.29, 0.717) is 28.5 Å². The molecule has 2 aromatic heterocycles. The van der Waals surface area contributed by atoms with E-state index in [-0.39, 0.29) is 16.7 Å². The Balaban J connectivity index is 1.78. The number of aryl methyl sites for hydroxylation is 1. The molecule has 0 aliphatic heterocycles. The first-order valence-electron chi connectivity index (χ1n) is 9.63. The van der Waals surface area contributed by atoms with E-state index in [0.717, 1.165) is 17.4 Å². The molecule has 0 saturated heterocycles. The van der Waals surface area contributed by atoms with Gasteiger partial charge in [-0.15, -0.1) is 0 Å². The van der Waals surface area contributed by atoms with Crippen molar-refractivity contribution in [3.8, 4) is 23.1 Å². The minimum Gasteiger partial charge on any atom is -0.495 e. The lowest BCUT2D eigenvalue weighted by molar-refractivity contribution is -0.385. The topological polar surface area (TPSA) is 122 Å². The molecule has 0 spiro atoms. The summed E-state index contributed by atoms with van der Waals surface area (Å²) in [4.78, 5) is 23.9. The van der Waals surface area contributed by atoms with Crippen LogP contribution < -0.4 is 19.5 Å². The molecule has 168 valence electrons. The molecule has 33 heavy (non-hydrogen) atoms. The Morgan fingerprint density at radius 3 is 2.55 bits per heavy atom. The van der Waals surface area contributed by atoms with Gasteiger partial charge in [0.05, 0.1) is 29.9 Å². The van der Waals surface area contributed by atoms with Gasteiger partial charge in [0.1, 0.15) is 23.3 Å². The number of halogens is 1. The predicted molar refractivity (Wildman–Crippen MR) is 123 cm³/mol. The van der Waals surface area contributed by atoms with Gasteiger partial charge in [-0.2, -0.15) is 4.98 Å². The van der Waals surface area contributed by atoms with Gasteiger partial charge in [-0.1, -0.05) is 29.8 Å². The monoisotopic (exact) mass is 467 g/mol. The zero-order valence-corrected chi connectivity index (χ0v) is 18.6. The van der Waals surface area contributed by atoms with Crippen LogP contribution in [0.15, 0.2) is 48.8 Å². The molecular weight excluding hydrogens is 450 g/mol. The molecule has 10 nitrogen and oxygen atoms in total. The van der Waals surface area contributed by atoms with Crippen molar-refractivity contribution in [1.82, 2.24) is 15.0 Å². The number of aromatic nitrogens is 3. The first-order valence-corrected chi connectivity index (χ1v) is 10.0. The van der Waals surface area contributed by atoms with Crippen molar-refractivity contribution in [2.24, 2.45) is 0 Å². The Bertz CT molecular complexity index is 1360. The minimum atomic E-state index is -0.626. The third-order valence-corrected chi connectivity index (χ3v) is 5.02. The summed E-state index contributed by atoms with van der Waals surface area (Å²) >= 11 is 6.22. The molecule has 2 aromatic carbocycles. The maximum Gasteiger partial charge on any atom is 0.373 e. The summed E-state index contributed by atoms with van der Waals surface area (Å²) in [6.45, 7) is 1.85. The Morgan fingerprint density at radius 1 is 1.03 bits per heavy atom. The largest absolute Gasteiger partial charge is 0.495 e. The summed E-state index contributed by atoms with van der Waals surface area (Å²) in [7, 11) is 2.92. The summed E-state index contributed by atoms with van der Waals surface area (Å²) in [6.07, 6.45) is 1.16. The highest BCUT2D eigenvalue weighted by Gasteiger charge is 2.27. The normalized spacial score (nSPS) is 10.7. The van der Waals surface area contributed by atoms with E-state index < -0.39 is 10.6 Å². The van der Waals surface area contributed by atoms with Crippen molar-refractivity contribution in [2.45, 2.75) is 6.92 Å². The van der Waals surface area contributed by atoms with E-state index in [1.54, 1.807) is 18.2 Å². The van der Waals surface area contributed by atoms with E-state index in [2.05, 4.69) is 20.3 Å². The van der Waals surface area contributed by atoms with Crippen molar-refractivity contribution in [3.63, 3.8) is 0 Å². The number of nitrogens with zero attached hydrogens (tertiary/aromatic N) is 4. The SMILES string of the molecule is COc1cc(OC)c(Nc2ncnc(Oc3cccc4ccc(C)nc34)c2[N+](=O)[O-])cc1Cl. The molecule has 0 unspecified atom stereocenters. The van der Waals surface area contributed by atoms with E-state index in [9.17, 15) is 10.1 Å². The second-order valence-corrected chi connectivity index (χ2v) is 7.23. The number of anilines is 2. The fourth-order valence-electron chi connectivity index (χ4n) is 3.18. The second kappa shape index (κ2) is 9.13. The van der Waals surface area contributed by atoms with Gasteiger partial charge in [0.2, 0.25) is 5.82 Å². The average molecular weight is 468 g/mol. The quantitative estimate of drug-likeness (QED) is 0.279. The Hall–Kier alpha value is -4.18. The van der Waals surface area contributed by atoms with Crippen LogP contribution in [-0.4, -0.2) is 34.1 Å². The molecule has 0 amide bonds. The number of fused-ring (bicyclic) bond motifs is 1. The molecule has 0 aliphatic carbocycles. The number of hydrogen-bond acceptors (Lipinski definition) is 9. The lowest BCUT2D eigenvalue weighted by Crippen LogP contribution is -2.05. The van der Waals surface area contributed by atoms with E-state index >= 15 is 0 Å². The standard InChI is InChI=1S/C22H18ClN5O5/c1-12-7-8-13-5-4-6-16(19(13)26-12)33-22-20(28(29)30)21(24-11-25-22)27-15-9-14(23)17(31-2)10-18(15)32-3/h4-11H,1-3H3,(H,24,25,27). The van der Waals surface area contributed by atoms with Gasteiger partial charge in [0.25, 0.3) is 0 Å². The molecule has 4 rings (SSSR count). The number of pyridine rings is 1. The lowest BCUT2D eigenvalue weighted by Gasteiger charge is -2.14. The number of nitro groups is 1. The van der Waals surface area contributed by atoms with Crippen LogP contribution in [0, 0.1) is 17.0 Å². The zero-order valence-electron chi connectivity index (χ0n) is 17.8. The maximum absolute atomic E-state index is 12.0. The van der Waals surface area contributed by atoms with Crippen LogP contribution in [0.2, 0.25) is 5.02 Å². The molecule has 2 heterocycles. The predicted octanol–water partition coefficient (Wildman–Crippen LogP) is 5.45. The molecule has 0 fully saturated rings. The highest BCUT2D eigenvalue weighted by atomic mass is 35.5. The van der Waals surface area contributed by atoms with Crippen LogP contribution in [0.4, 0.5) is 17.2 Å². The zero-order chi connectivity index (χ0) is 23.5. The number of ether oxygens (including phenoxy) is 3. The average Bonchev–Trinajstić information content (AvgIpc) is 2.79. The van der Waals surface area contributed by atoms with Gasteiger partial charge in [0, 0.05) is 17.1 Å². The number of hydrogen-bond donors (Lipinski definition) is 1. The summed E-state index contributed by atoms with van der Waals surface area (Å²) in [5, 5.41) is 16.0. The number of para-hydroxylation sites is 1. The van der Waals surface area contributed by atoms with Gasteiger partial charge in [-0.25, -0.2) is 9.97 Å². The van der Waals surface area contributed by atoms with Crippen molar-refractivity contribution in [3.05, 3.63) is 69.6 Å². The van der Waals surface area contributed by atoms with E-state index in [1.165, 1.54) is 20.3 Å². The maximum atomic E-state index is 12.0.